The average molecular weight is 411 g/mol. The molecule has 0 spiro atoms. The number of anilines is 1. The van der Waals surface area contributed by atoms with E-state index in [-0.39, 0.29) is 12.5 Å². The van der Waals surface area contributed by atoms with Crippen LogP contribution in [0.1, 0.15) is 17.5 Å². The number of hydrogen-bond acceptors (Lipinski definition) is 6. The van der Waals surface area contributed by atoms with Crippen molar-refractivity contribution in [2.24, 2.45) is 5.73 Å². The number of pyridine rings is 2. The van der Waals surface area contributed by atoms with Gasteiger partial charge < -0.3 is 20.1 Å². The highest BCUT2D eigenvalue weighted by Gasteiger charge is 2.22. The largest absolute Gasteiger partial charge is 0.378 e. The summed E-state index contributed by atoms with van der Waals surface area (Å²) in [5, 5.41) is 0. The maximum absolute atomic E-state index is 12.2. The Labute approximate surface area is 174 Å². The quantitative estimate of drug-likeness (QED) is 0.795. The third-order valence-electron chi connectivity index (χ3n) is 5.28. The van der Waals surface area contributed by atoms with Gasteiger partial charge in [-0.2, -0.15) is 0 Å². The Morgan fingerprint density at radius 1 is 1.10 bits per heavy atom. The summed E-state index contributed by atoms with van der Waals surface area (Å²) in [6, 6.07) is 3.52. The minimum atomic E-state index is -0.483. The lowest BCUT2D eigenvalue weighted by Crippen LogP contribution is -2.42. The van der Waals surface area contributed by atoms with Gasteiger partial charge in [-0.15, -0.1) is 0 Å². The van der Waals surface area contributed by atoms with Gasteiger partial charge in [0.25, 0.3) is 0 Å². The molecule has 30 heavy (non-hydrogen) atoms. The number of urea groups is 1. The Morgan fingerprint density at radius 3 is 2.70 bits per heavy atom. The van der Waals surface area contributed by atoms with Crippen LogP contribution in [0.15, 0.2) is 30.7 Å². The van der Waals surface area contributed by atoms with Crippen molar-refractivity contribution in [3.8, 4) is 11.1 Å². The number of aromatic nitrogens is 2. The van der Waals surface area contributed by atoms with Crippen molar-refractivity contribution < 1.29 is 19.1 Å². The van der Waals surface area contributed by atoms with E-state index in [1.165, 1.54) is 4.90 Å². The molecule has 0 atom stereocenters. The highest BCUT2D eigenvalue weighted by atomic mass is 16.5. The Kier molecular flexibility index (Phi) is 6.20. The molecule has 2 aromatic heterocycles. The molecule has 0 saturated carbocycles. The second kappa shape index (κ2) is 9.19. The summed E-state index contributed by atoms with van der Waals surface area (Å²) in [7, 11) is 0. The molecular weight excluding hydrogens is 386 g/mol. The van der Waals surface area contributed by atoms with Gasteiger partial charge >= 0.3 is 6.03 Å². The molecule has 0 aliphatic carbocycles. The molecule has 3 amide bonds. The number of hydrogen-bond donors (Lipinski definition) is 1. The van der Waals surface area contributed by atoms with Gasteiger partial charge in [0.2, 0.25) is 5.91 Å². The zero-order chi connectivity index (χ0) is 20.9. The van der Waals surface area contributed by atoms with Crippen LogP contribution in [0.3, 0.4) is 0 Å². The van der Waals surface area contributed by atoms with Crippen LogP contribution in [0.5, 0.6) is 0 Å². The first kappa shape index (κ1) is 20.2. The van der Waals surface area contributed by atoms with Gasteiger partial charge in [-0.25, -0.2) is 9.78 Å². The minimum Gasteiger partial charge on any atom is -0.378 e. The molecule has 4 rings (SSSR count). The van der Waals surface area contributed by atoms with Crippen LogP contribution in [0.2, 0.25) is 0 Å². The fourth-order valence-corrected chi connectivity index (χ4v) is 3.72. The molecule has 0 bridgehead atoms. The average Bonchev–Trinajstić information content (AvgIpc) is 2.79. The molecule has 9 heteroatoms. The van der Waals surface area contributed by atoms with Crippen molar-refractivity contribution in [1.82, 2.24) is 14.9 Å². The Hall–Kier alpha value is -3.04. The summed E-state index contributed by atoms with van der Waals surface area (Å²) in [5.74, 6) is 0.604. The van der Waals surface area contributed by atoms with E-state index in [1.807, 2.05) is 12.1 Å². The van der Waals surface area contributed by atoms with Crippen molar-refractivity contribution in [2.45, 2.75) is 19.4 Å². The van der Waals surface area contributed by atoms with Crippen LogP contribution >= 0.6 is 0 Å². The fraction of sp³-hybridized carbons (Fsp3) is 0.429. The molecule has 1 saturated heterocycles. The molecule has 0 unspecified atom stereocenters. The SMILES string of the molecule is NC(=O)N1CCCc2cc(-c3cncc(COCC(=O)N4CCOCC4)c3)cnc21. The minimum absolute atomic E-state index is 0.0275. The van der Waals surface area contributed by atoms with Crippen molar-refractivity contribution in [3.63, 3.8) is 0 Å². The van der Waals surface area contributed by atoms with Crippen molar-refractivity contribution in [3.05, 3.63) is 41.9 Å². The van der Waals surface area contributed by atoms with E-state index in [0.29, 0.717) is 45.3 Å². The zero-order valence-corrected chi connectivity index (χ0v) is 16.7. The number of primary amides is 1. The van der Waals surface area contributed by atoms with E-state index in [0.717, 1.165) is 35.1 Å². The predicted molar refractivity (Wildman–Crippen MR) is 110 cm³/mol. The summed E-state index contributed by atoms with van der Waals surface area (Å²) in [6.07, 6.45) is 6.91. The lowest BCUT2D eigenvalue weighted by Gasteiger charge is -2.27. The fourth-order valence-electron chi connectivity index (χ4n) is 3.72. The second-order valence-electron chi connectivity index (χ2n) is 7.37. The van der Waals surface area contributed by atoms with Gasteiger partial charge in [-0.05, 0) is 36.1 Å². The van der Waals surface area contributed by atoms with Crippen LogP contribution in [-0.2, 0) is 27.3 Å². The van der Waals surface area contributed by atoms with Gasteiger partial charge in [0.1, 0.15) is 12.4 Å². The highest BCUT2D eigenvalue weighted by molar-refractivity contribution is 5.91. The molecule has 2 aromatic rings. The van der Waals surface area contributed by atoms with Crippen LogP contribution in [0, 0.1) is 0 Å². The molecule has 4 heterocycles. The molecule has 1 fully saturated rings. The lowest BCUT2D eigenvalue weighted by atomic mass is 10.0. The van der Waals surface area contributed by atoms with E-state index in [1.54, 1.807) is 23.5 Å². The molecular formula is C21H25N5O4. The number of morpholine rings is 1. The van der Waals surface area contributed by atoms with Gasteiger partial charge in [0, 0.05) is 49.4 Å². The summed E-state index contributed by atoms with van der Waals surface area (Å²) in [4.78, 5) is 35.8. The van der Waals surface area contributed by atoms with Gasteiger partial charge in [0.05, 0.1) is 19.8 Å². The topological polar surface area (TPSA) is 111 Å². The third kappa shape index (κ3) is 4.58. The molecule has 9 nitrogen and oxygen atoms in total. The van der Waals surface area contributed by atoms with Crippen molar-refractivity contribution in [2.75, 3.05) is 44.4 Å². The molecule has 2 aliphatic heterocycles. The van der Waals surface area contributed by atoms with Crippen molar-refractivity contribution >= 4 is 17.8 Å². The first-order chi connectivity index (χ1) is 14.6. The highest BCUT2D eigenvalue weighted by Crippen LogP contribution is 2.29. The van der Waals surface area contributed by atoms with Crippen LogP contribution in [-0.4, -0.2) is 66.3 Å². The maximum atomic E-state index is 12.2. The van der Waals surface area contributed by atoms with Gasteiger partial charge in [-0.1, -0.05) is 0 Å². The Balaban J connectivity index is 1.41. The standard InChI is InChI=1S/C21H25N5O4/c22-21(28)26-3-1-2-16-9-18(12-24-20(16)26)17-8-15(10-23-11-17)13-30-14-19(27)25-4-6-29-7-5-25/h8-12H,1-7,13-14H2,(H2,22,28). The van der Waals surface area contributed by atoms with Gasteiger partial charge in [0.15, 0.2) is 0 Å². The van der Waals surface area contributed by atoms with E-state index in [4.69, 9.17) is 15.2 Å². The van der Waals surface area contributed by atoms with Crippen molar-refractivity contribution in [1.29, 1.82) is 0 Å². The number of fused-ring (bicyclic) bond motifs is 1. The van der Waals surface area contributed by atoms with Crippen LogP contribution < -0.4 is 10.6 Å². The number of rotatable bonds is 5. The number of amides is 3. The summed E-state index contributed by atoms with van der Waals surface area (Å²) in [5.41, 5.74) is 9.15. The van der Waals surface area contributed by atoms with Gasteiger partial charge in [-0.3, -0.25) is 14.7 Å². The zero-order valence-electron chi connectivity index (χ0n) is 16.7. The number of nitrogens with zero attached hydrogens (tertiary/aromatic N) is 4. The van der Waals surface area contributed by atoms with E-state index < -0.39 is 6.03 Å². The summed E-state index contributed by atoms with van der Waals surface area (Å²) >= 11 is 0. The first-order valence-electron chi connectivity index (χ1n) is 10.1. The smallest absolute Gasteiger partial charge is 0.320 e. The maximum Gasteiger partial charge on any atom is 0.320 e. The molecule has 158 valence electrons. The van der Waals surface area contributed by atoms with E-state index >= 15 is 0 Å². The normalized spacial score (nSPS) is 16.3. The Morgan fingerprint density at radius 2 is 1.90 bits per heavy atom. The molecule has 2 aliphatic rings. The number of carbonyl (C=O) groups excluding carboxylic acids is 2. The van der Waals surface area contributed by atoms with Crippen LogP contribution in [0.4, 0.5) is 10.6 Å². The van der Waals surface area contributed by atoms with E-state index in [9.17, 15) is 9.59 Å². The summed E-state index contributed by atoms with van der Waals surface area (Å²) < 4.78 is 10.9. The number of ether oxygens (including phenoxy) is 2. The van der Waals surface area contributed by atoms with Crippen LogP contribution in [0.25, 0.3) is 11.1 Å². The molecule has 0 aromatic carbocycles. The molecule has 0 radical (unpaired) electrons. The van der Waals surface area contributed by atoms with E-state index in [2.05, 4.69) is 9.97 Å². The predicted octanol–water partition coefficient (Wildman–Crippen LogP) is 1.35. The first-order valence-corrected chi connectivity index (χ1v) is 10.1. The third-order valence-corrected chi connectivity index (χ3v) is 5.28. The Bertz CT molecular complexity index is 929. The second-order valence-corrected chi connectivity index (χ2v) is 7.37. The molecule has 2 N–H and O–H groups in total. The number of carbonyl (C=O) groups is 2. The number of nitrogens with two attached hydrogens (primary N) is 1. The monoisotopic (exact) mass is 411 g/mol. The summed E-state index contributed by atoms with van der Waals surface area (Å²) in [6.45, 7) is 3.29. The lowest BCUT2D eigenvalue weighted by molar-refractivity contribution is -0.140. The number of aryl methyl sites for hydroxylation is 1.